The molecule has 3 aromatic rings. The Labute approximate surface area is 137 Å². The standard InChI is InChI=1S/C15H11ClN4O2S/c16-11-5-7-13(8-6-11)23(21,22)20-18-10-12-9-17-14-3-1-2-4-15(14)19-12/h1-10,20H/b18-10-. The molecule has 0 atom stereocenters. The minimum Gasteiger partial charge on any atom is -0.252 e. The van der Waals surface area contributed by atoms with Gasteiger partial charge in [-0.25, -0.2) is 9.82 Å². The second kappa shape index (κ2) is 6.31. The molecule has 0 amide bonds. The highest BCUT2D eigenvalue weighted by Crippen LogP contribution is 2.13. The molecule has 8 heteroatoms. The first kappa shape index (κ1) is 15.4. The van der Waals surface area contributed by atoms with E-state index < -0.39 is 10.0 Å². The average molecular weight is 347 g/mol. The summed E-state index contributed by atoms with van der Waals surface area (Å²) in [6, 6.07) is 13.2. The molecule has 0 spiro atoms. The largest absolute Gasteiger partial charge is 0.276 e. The number of hydrogen-bond donors (Lipinski definition) is 1. The van der Waals surface area contributed by atoms with Gasteiger partial charge in [-0.2, -0.15) is 13.5 Å². The molecule has 0 aliphatic rings. The Morgan fingerprint density at radius 3 is 2.48 bits per heavy atom. The fourth-order valence-electron chi connectivity index (χ4n) is 1.86. The summed E-state index contributed by atoms with van der Waals surface area (Å²) in [5.41, 5.74) is 1.91. The van der Waals surface area contributed by atoms with Crippen LogP contribution in [-0.2, 0) is 10.0 Å². The number of hydrazone groups is 1. The number of sulfonamides is 1. The van der Waals surface area contributed by atoms with Crippen LogP contribution in [0.5, 0.6) is 0 Å². The van der Waals surface area contributed by atoms with Gasteiger partial charge in [0.1, 0.15) is 5.69 Å². The van der Waals surface area contributed by atoms with E-state index in [9.17, 15) is 8.42 Å². The van der Waals surface area contributed by atoms with Crippen LogP contribution in [0.2, 0.25) is 5.02 Å². The van der Waals surface area contributed by atoms with Gasteiger partial charge in [0.05, 0.1) is 28.3 Å². The van der Waals surface area contributed by atoms with Gasteiger partial charge in [0.15, 0.2) is 0 Å². The molecule has 6 nitrogen and oxygen atoms in total. The van der Waals surface area contributed by atoms with Gasteiger partial charge in [0.2, 0.25) is 0 Å². The van der Waals surface area contributed by atoms with Crippen molar-refractivity contribution in [2.24, 2.45) is 5.10 Å². The van der Waals surface area contributed by atoms with Crippen LogP contribution in [0.25, 0.3) is 11.0 Å². The minimum atomic E-state index is -3.74. The number of fused-ring (bicyclic) bond motifs is 1. The summed E-state index contributed by atoms with van der Waals surface area (Å²) in [5, 5.41) is 4.18. The summed E-state index contributed by atoms with van der Waals surface area (Å²) < 4.78 is 24.1. The lowest BCUT2D eigenvalue weighted by Gasteiger charge is -2.03. The molecule has 1 N–H and O–H groups in total. The molecule has 3 rings (SSSR count). The average Bonchev–Trinajstić information content (AvgIpc) is 2.55. The van der Waals surface area contributed by atoms with Crippen molar-refractivity contribution in [2.75, 3.05) is 0 Å². The molecule has 0 saturated carbocycles. The molecule has 0 fully saturated rings. The van der Waals surface area contributed by atoms with Gasteiger partial charge < -0.3 is 0 Å². The van der Waals surface area contributed by atoms with E-state index in [1.807, 2.05) is 24.3 Å². The number of nitrogens with one attached hydrogen (secondary N) is 1. The lowest BCUT2D eigenvalue weighted by molar-refractivity contribution is 0.584. The van der Waals surface area contributed by atoms with E-state index >= 15 is 0 Å². The lowest BCUT2D eigenvalue weighted by atomic mass is 10.3. The lowest BCUT2D eigenvalue weighted by Crippen LogP contribution is -2.18. The van der Waals surface area contributed by atoms with Crippen LogP contribution in [0, 0.1) is 0 Å². The molecule has 0 unspecified atom stereocenters. The van der Waals surface area contributed by atoms with Crippen LogP contribution >= 0.6 is 11.6 Å². The molecule has 0 aliphatic carbocycles. The van der Waals surface area contributed by atoms with Crippen LogP contribution in [-0.4, -0.2) is 24.6 Å². The fraction of sp³-hybridized carbons (Fsp3) is 0. The van der Waals surface area contributed by atoms with Crippen molar-refractivity contribution in [1.29, 1.82) is 0 Å². The smallest absolute Gasteiger partial charge is 0.252 e. The Hall–Kier alpha value is -2.51. The summed E-state index contributed by atoms with van der Waals surface area (Å²) in [5.74, 6) is 0. The quantitative estimate of drug-likeness (QED) is 0.581. The van der Waals surface area contributed by atoms with E-state index in [4.69, 9.17) is 11.6 Å². The van der Waals surface area contributed by atoms with E-state index in [0.29, 0.717) is 16.2 Å². The monoisotopic (exact) mass is 346 g/mol. The predicted molar refractivity (Wildman–Crippen MR) is 88.9 cm³/mol. The highest BCUT2D eigenvalue weighted by atomic mass is 35.5. The van der Waals surface area contributed by atoms with Crippen LogP contribution in [0.1, 0.15) is 5.69 Å². The van der Waals surface area contributed by atoms with Crippen LogP contribution in [0.4, 0.5) is 0 Å². The molecule has 0 aliphatic heterocycles. The van der Waals surface area contributed by atoms with Gasteiger partial charge in [0.25, 0.3) is 10.0 Å². The first-order valence-electron chi connectivity index (χ1n) is 6.57. The van der Waals surface area contributed by atoms with E-state index in [2.05, 4.69) is 19.9 Å². The van der Waals surface area contributed by atoms with Gasteiger partial charge in [-0.05, 0) is 36.4 Å². The fourth-order valence-corrected chi connectivity index (χ4v) is 2.78. The Balaban J connectivity index is 1.78. The minimum absolute atomic E-state index is 0.0728. The normalized spacial score (nSPS) is 11.9. The summed E-state index contributed by atoms with van der Waals surface area (Å²) >= 11 is 5.73. The van der Waals surface area contributed by atoms with Crippen molar-refractivity contribution in [3.05, 3.63) is 65.4 Å². The van der Waals surface area contributed by atoms with Gasteiger partial charge in [-0.1, -0.05) is 23.7 Å². The number of hydrogen-bond acceptors (Lipinski definition) is 5. The van der Waals surface area contributed by atoms with Crippen LogP contribution < -0.4 is 4.83 Å². The van der Waals surface area contributed by atoms with Gasteiger partial charge in [0, 0.05) is 5.02 Å². The third-order valence-corrected chi connectivity index (χ3v) is 4.45. The molecule has 0 bridgehead atoms. The number of aromatic nitrogens is 2. The predicted octanol–water partition coefficient (Wildman–Crippen LogP) is 2.60. The Morgan fingerprint density at radius 2 is 1.74 bits per heavy atom. The summed E-state index contributed by atoms with van der Waals surface area (Å²) in [7, 11) is -3.74. The zero-order chi connectivity index (χ0) is 16.3. The maximum atomic E-state index is 12.0. The number of para-hydroxylation sites is 2. The van der Waals surface area contributed by atoms with Crippen molar-refractivity contribution >= 4 is 38.9 Å². The molecule has 2 aromatic carbocycles. The summed E-state index contributed by atoms with van der Waals surface area (Å²) in [6.45, 7) is 0. The molecule has 0 saturated heterocycles. The molecule has 116 valence electrons. The zero-order valence-electron chi connectivity index (χ0n) is 11.7. The highest BCUT2D eigenvalue weighted by Gasteiger charge is 2.11. The maximum absolute atomic E-state index is 12.0. The molecular formula is C15H11ClN4O2S. The highest BCUT2D eigenvalue weighted by molar-refractivity contribution is 7.89. The Kier molecular flexibility index (Phi) is 4.22. The molecular weight excluding hydrogens is 336 g/mol. The molecule has 1 aromatic heterocycles. The van der Waals surface area contributed by atoms with Crippen molar-refractivity contribution in [2.45, 2.75) is 4.90 Å². The first-order valence-corrected chi connectivity index (χ1v) is 8.43. The number of nitrogens with zero attached hydrogens (tertiary/aromatic N) is 3. The topological polar surface area (TPSA) is 84.3 Å². The van der Waals surface area contributed by atoms with Crippen molar-refractivity contribution in [3.8, 4) is 0 Å². The van der Waals surface area contributed by atoms with Crippen molar-refractivity contribution in [3.63, 3.8) is 0 Å². The van der Waals surface area contributed by atoms with Crippen LogP contribution in [0.3, 0.4) is 0 Å². The molecule has 0 radical (unpaired) electrons. The van der Waals surface area contributed by atoms with Crippen LogP contribution in [0.15, 0.2) is 64.7 Å². The number of halogens is 1. The second-order valence-electron chi connectivity index (χ2n) is 4.59. The van der Waals surface area contributed by atoms with Crippen molar-refractivity contribution < 1.29 is 8.42 Å². The second-order valence-corrected chi connectivity index (χ2v) is 6.69. The SMILES string of the molecule is O=S(=O)(N/N=C\c1cnc2ccccc2n1)c1ccc(Cl)cc1. The first-order chi connectivity index (χ1) is 11.0. The van der Waals surface area contributed by atoms with E-state index in [0.717, 1.165) is 5.52 Å². The number of benzene rings is 2. The molecule has 23 heavy (non-hydrogen) atoms. The summed E-state index contributed by atoms with van der Waals surface area (Å²) in [4.78, 5) is 10.7. The third-order valence-electron chi connectivity index (χ3n) is 2.96. The van der Waals surface area contributed by atoms with Gasteiger partial charge in [-0.3, -0.25) is 4.98 Å². The van der Waals surface area contributed by atoms with E-state index in [-0.39, 0.29) is 4.90 Å². The van der Waals surface area contributed by atoms with E-state index in [1.54, 1.807) is 0 Å². The molecule has 1 heterocycles. The Bertz CT molecular complexity index is 972. The van der Waals surface area contributed by atoms with Gasteiger partial charge in [-0.15, -0.1) is 0 Å². The van der Waals surface area contributed by atoms with E-state index in [1.165, 1.54) is 36.7 Å². The zero-order valence-corrected chi connectivity index (χ0v) is 13.3. The summed E-state index contributed by atoms with van der Waals surface area (Å²) in [6.07, 6.45) is 2.81. The van der Waals surface area contributed by atoms with Crippen molar-refractivity contribution in [1.82, 2.24) is 14.8 Å². The number of rotatable bonds is 4. The third kappa shape index (κ3) is 3.64. The Morgan fingerprint density at radius 1 is 1.04 bits per heavy atom. The maximum Gasteiger partial charge on any atom is 0.276 e. The van der Waals surface area contributed by atoms with Gasteiger partial charge >= 0.3 is 0 Å².